The molecule has 0 radical (unpaired) electrons. The van der Waals surface area contributed by atoms with Crippen LogP contribution in [-0.2, 0) is 31.0 Å². The highest BCUT2D eigenvalue weighted by Gasteiger charge is 2.42. The Balaban J connectivity index is 0.000000440. The molecule has 0 amide bonds. The summed E-state index contributed by atoms with van der Waals surface area (Å²) in [4.78, 5) is 0. The van der Waals surface area contributed by atoms with Gasteiger partial charge in [0.2, 0.25) is 20.0 Å². The van der Waals surface area contributed by atoms with E-state index >= 15 is 0 Å². The summed E-state index contributed by atoms with van der Waals surface area (Å²) in [6.07, 6.45) is 0. The lowest BCUT2D eigenvalue weighted by Gasteiger charge is -2.33. The summed E-state index contributed by atoms with van der Waals surface area (Å²) in [5.41, 5.74) is 4.75. The molecule has 244 valence electrons. The number of benzene rings is 2. The second-order valence-electron chi connectivity index (χ2n) is 12.3. The Bertz CT molecular complexity index is 1540. The van der Waals surface area contributed by atoms with Crippen molar-refractivity contribution in [3.05, 3.63) is 68.1 Å². The third-order valence-electron chi connectivity index (χ3n) is 7.02. The van der Waals surface area contributed by atoms with E-state index in [2.05, 4.69) is 31.9 Å². The molecule has 0 heterocycles. The van der Waals surface area contributed by atoms with Crippen molar-refractivity contribution in [3.8, 4) is 12.1 Å². The average molecular weight is 784 g/mol. The van der Waals surface area contributed by atoms with Crippen molar-refractivity contribution in [3.63, 3.8) is 0 Å². The van der Waals surface area contributed by atoms with Crippen molar-refractivity contribution >= 4 is 51.9 Å². The van der Waals surface area contributed by atoms with Crippen LogP contribution in [0.1, 0.15) is 59.6 Å². The van der Waals surface area contributed by atoms with Crippen molar-refractivity contribution in [2.24, 2.45) is 5.73 Å². The second kappa shape index (κ2) is 14.2. The third-order valence-corrected chi connectivity index (χ3v) is 12.7. The standard InChI is InChI=1S/C15H20BrFN2O2S.C14H19BrFN3O2S/c1-14(2,12-8-11(16)6-7-13(12)17)10-19(5)22(20,21)15(3,4)9-18;1-13(2,8-17)22(20,21)19(4)9-14(3,18)11-7-10(15)5-6-12(11)16/h6-8H,10H2,1-5H3;5-7H,9,18H2,1-4H3/t;14-/m.0/s1. The SMILES string of the molecule is CN(CC(C)(C)c1cc(Br)ccc1F)S(=O)(=O)C(C)(C)C#N.CN(C[C@](C)(N)c1cc(Br)ccc1F)S(=O)(=O)C(C)(C)C#N. The number of sulfonamides is 2. The van der Waals surface area contributed by atoms with E-state index < -0.39 is 52.1 Å². The first-order valence-electron chi connectivity index (χ1n) is 13.1. The van der Waals surface area contributed by atoms with Gasteiger partial charge in [-0.25, -0.2) is 34.2 Å². The minimum Gasteiger partial charge on any atom is -0.320 e. The second-order valence-corrected chi connectivity index (χ2v) is 19.3. The number of rotatable bonds is 10. The predicted molar refractivity (Wildman–Crippen MR) is 175 cm³/mol. The average Bonchev–Trinajstić information content (AvgIpc) is 2.90. The number of hydrogen-bond acceptors (Lipinski definition) is 7. The fourth-order valence-corrected chi connectivity index (χ4v) is 7.65. The van der Waals surface area contributed by atoms with Gasteiger partial charge >= 0.3 is 0 Å². The summed E-state index contributed by atoms with van der Waals surface area (Å²) >= 11 is 6.54. The maximum absolute atomic E-state index is 14.1. The molecule has 2 N–H and O–H groups in total. The first kappa shape index (κ1) is 40.0. The van der Waals surface area contributed by atoms with Crippen molar-refractivity contribution in [2.75, 3.05) is 27.2 Å². The molecule has 0 spiro atoms. The fourth-order valence-electron chi connectivity index (χ4n) is 4.21. The number of hydrogen-bond donors (Lipinski definition) is 1. The lowest BCUT2D eigenvalue weighted by Crippen LogP contribution is -2.50. The molecule has 0 saturated carbocycles. The molecule has 0 aliphatic heterocycles. The largest absolute Gasteiger partial charge is 0.320 e. The van der Waals surface area contributed by atoms with Crippen molar-refractivity contribution in [1.29, 1.82) is 10.5 Å². The zero-order chi connectivity index (χ0) is 34.7. The fraction of sp³-hybridized carbons (Fsp3) is 0.517. The quantitative estimate of drug-likeness (QED) is 0.323. The van der Waals surface area contributed by atoms with E-state index in [0.29, 0.717) is 10.0 Å². The van der Waals surface area contributed by atoms with Crippen LogP contribution >= 0.6 is 31.9 Å². The molecule has 0 bridgehead atoms. The summed E-state index contributed by atoms with van der Waals surface area (Å²) in [5, 5.41) is 18.1. The van der Waals surface area contributed by atoms with E-state index in [0.717, 1.165) is 13.1 Å². The van der Waals surface area contributed by atoms with Crippen molar-refractivity contribution in [2.45, 2.75) is 68.9 Å². The molecule has 9 nitrogen and oxygen atoms in total. The van der Waals surface area contributed by atoms with Gasteiger partial charge in [0.15, 0.2) is 9.49 Å². The lowest BCUT2D eigenvalue weighted by molar-refractivity contribution is 0.344. The van der Waals surface area contributed by atoms with Gasteiger partial charge in [-0.2, -0.15) is 10.5 Å². The number of nitriles is 2. The van der Waals surface area contributed by atoms with Gasteiger partial charge in [0.05, 0.1) is 17.7 Å². The number of halogens is 4. The summed E-state index contributed by atoms with van der Waals surface area (Å²) in [5.74, 6) is -0.905. The molecule has 0 aliphatic carbocycles. The Morgan fingerprint density at radius 3 is 1.45 bits per heavy atom. The molecule has 0 aliphatic rings. The van der Waals surface area contributed by atoms with Crippen LogP contribution < -0.4 is 5.73 Å². The summed E-state index contributed by atoms with van der Waals surface area (Å²) in [7, 11) is -4.97. The normalized spacial score (nSPS) is 14.3. The highest BCUT2D eigenvalue weighted by molar-refractivity contribution is 9.10. The maximum Gasteiger partial charge on any atom is 0.232 e. The van der Waals surface area contributed by atoms with Gasteiger partial charge in [0.25, 0.3) is 0 Å². The van der Waals surface area contributed by atoms with Gasteiger partial charge in [-0.1, -0.05) is 45.7 Å². The van der Waals surface area contributed by atoms with E-state index in [4.69, 9.17) is 16.3 Å². The van der Waals surface area contributed by atoms with Crippen LogP contribution in [0, 0.1) is 34.3 Å². The smallest absolute Gasteiger partial charge is 0.232 e. The van der Waals surface area contributed by atoms with Crippen LogP contribution in [0.4, 0.5) is 8.78 Å². The Morgan fingerprint density at radius 1 is 0.727 bits per heavy atom. The van der Waals surface area contributed by atoms with E-state index in [1.165, 1.54) is 66.1 Å². The zero-order valence-electron chi connectivity index (χ0n) is 26.2. The Hall–Kier alpha value is -1.98. The van der Waals surface area contributed by atoms with Crippen LogP contribution in [0.15, 0.2) is 45.3 Å². The summed E-state index contributed by atoms with van der Waals surface area (Å²) in [6, 6.07) is 12.4. The summed E-state index contributed by atoms with van der Waals surface area (Å²) < 4.78 is 78.1. The third kappa shape index (κ3) is 9.06. The highest BCUT2D eigenvalue weighted by Crippen LogP contribution is 2.32. The van der Waals surface area contributed by atoms with Gasteiger partial charge in [-0.3, -0.25) is 0 Å². The molecule has 0 aromatic heterocycles. The van der Waals surface area contributed by atoms with Gasteiger partial charge in [-0.05, 0) is 76.6 Å². The molecular formula is C29H39Br2F2N5O4S2. The molecule has 2 rings (SSSR count). The molecule has 2 aromatic rings. The molecule has 1 atom stereocenters. The lowest BCUT2D eigenvalue weighted by atomic mass is 9.84. The highest BCUT2D eigenvalue weighted by atomic mass is 79.9. The minimum absolute atomic E-state index is 0.0633. The maximum atomic E-state index is 14.1. The number of nitrogens with two attached hydrogens (primary N) is 1. The zero-order valence-corrected chi connectivity index (χ0v) is 31.0. The van der Waals surface area contributed by atoms with Crippen LogP contribution in [0.5, 0.6) is 0 Å². The van der Waals surface area contributed by atoms with E-state index in [1.807, 2.05) is 0 Å². The molecule has 0 unspecified atom stereocenters. The van der Waals surface area contributed by atoms with E-state index in [1.54, 1.807) is 45.0 Å². The number of nitrogens with zero attached hydrogens (tertiary/aromatic N) is 4. The van der Waals surface area contributed by atoms with Gasteiger partial charge in [-0.15, -0.1) is 0 Å². The number of likely N-dealkylation sites (N-methyl/N-ethyl adjacent to an activating group) is 2. The monoisotopic (exact) mass is 781 g/mol. The van der Waals surface area contributed by atoms with Gasteiger partial charge < -0.3 is 5.73 Å². The van der Waals surface area contributed by atoms with Crippen molar-refractivity contribution < 1.29 is 25.6 Å². The van der Waals surface area contributed by atoms with Crippen LogP contribution in [0.3, 0.4) is 0 Å². The Labute approximate surface area is 277 Å². The Morgan fingerprint density at radius 2 is 1.07 bits per heavy atom. The van der Waals surface area contributed by atoms with E-state index in [9.17, 15) is 25.6 Å². The van der Waals surface area contributed by atoms with Crippen molar-refractivity contribution in [1.82, 2.24) is 8.61 Å². The molecular weight excluding hydrogens is 744 g/mol. The molecule has 15 heteroatoms. The van der Waals surface area contributed by atoms with Gasteiger partial charge in [0.1, 0.15) is 11.6 Å². The van der Waals surface area contributed by atoms with E-state index in [-0.39, 0.29) is 18.7 Å². The molecule has 0 saturated heterocycles. The minimum atomic E-state index is -3.89. The van der Waals surface area contributed by atoms with Gasteiger partial charge in [0, 0.05) is 47.1 Å². The first-order valence-corrected chi connectivity index (χ1v) is 17.6. The predicted octanol–water partition coefficient (Wildman–Crippen LogP) is 5.76. The molecule has 0 fully saturated rings. The molecule has 2 aromatic carbocycles. The Kier molecular flexibility index (Phi) is 12.9. The van der Waals surface area contributed by atoms with Crippen LogP contribution in [0.2, 0.25) is 0 Å². The topological polar surface area (TPSA) is 148 Å². The summed E-state index contributed by atoms with van der Waals surface area (Å²) in [6.45, 7) is 10.3. The first-order chi connectivity index (χ1) is 19.7. The molecule has 44 heavy (non-hydrogen) atoms. The van der Waals surface area contributed by atoms with Crippen LogP contribution in [-0.4, -0.2) is 62.1 Å². The van der Waals surface area contributed by atoms with Crippen LogP contribution in [0.25, 0.3) is 0 Å².